The van der Waals surface area contributed by atoms with E-state index in [9.17, 15) is 9.50 Å². The Morgan fingerprint density at radius 2 is 2.29 bits per heavy atom. The lowest BCUT2D eigenvalue weighted by Crippen LogP contribution is -2.36. The topological polar surface area (TPSA) is 55.5 Å². The summed E-state index contributed by atoms with van der Waals surface area (Å²) < 4.78 is 18.5. The summed E-state index contributed by atoms with van der Waals surface area (Å²) in [6.07, 6.45) is -0.760. The molecule has 3 nitrogen and oxygen atoms in total. The molecule has 3 N–H and O–H groups in total. The monoisotopic (exact) mass is 197 g/mol. The highest BCUT2D eigenvalue weighted by molar-refractivity contribution is 5.42. The number of aliphatic hydroxyl groups excluding tert-OH is 1. The molecule has 1 aliphatic heterocycles. The number of hydrogen-bond acceptors (Lipinski definition) is 3. The van der Waals surface area contributed by atoms with Crippen molar-refractivity contribution in [3.8, 4) is 5.75 Å². The van der Waals surface area contributed by atoms with Crippen LogP contribution < -0.4 is 10.5 Å². The fourth-order valence-electron chi connectivity index (χ4n) is 1.64. The predicted molar refractivity (Wildman–Crippen MR) is 49.6 cm³/mol. The fourth-order valence-corrected chi connectivity index (χ4v) is 1.64. The molecule has 4 heteroatoms. The van der Waals surface area contributed by atoms with Gasteiger partial charge >= 0.3 is 0 Å². The fraction of sp³-hybridized carbons (Fsp3) is 0.400. The highest BCUT2D eigenvalue weighted by Crippen LogP contribution is 2.33. The molecule has 0 amide bonds. The summed E-state index contributed by atoms with van der Waals surface area (Å²) in [4.78, 5) is 0. The van der Waals surface area contributed by atoms with E-state index in [1.54, 1.807) is 13.0 Å². The highest BCUT2D eigenvalue weighted by atomic mass is 19.1. The Balaban J connectivity index is 2.54. The predicted octanol–water partition coefficient (Wildman–Crippen LogP) is 0.887. The summed E-state index contributed by atoms with van der Waals surface area (Å²) in [7, 11) is 0. The zero-order valence-electron chi connectivity index (χ0n) is 7.83. The minimum atomic E-state index is -0.760. The molecule has 1 heterocycles. The van der Waals surface area contributed by atoms with Gasteiger partial charge in [-0.3, -0.25) is 0 Å². The van der Waals surface area contributed by atoms with E-state index < -0.39 is 18.0 Å². The number of fused-ring (bicyclic) bond motifs is 1. The minimum Gasteiger partial charge on any atom is -0.487 e. The Morgan fingerprint density at radius 1 is 1.57 bits per heavy atom. The summed E-state index contributed by atoms with van der Waals surface area (Å²) in [6.45, 7) is 1.82. The van der Waals surface area contributed by atoms with Gasteiger partial charge in [0, 0.05) is 5.56 Å². The third-order valence-corrected chi connectivity index (χ3v) is 2.39. The Morgan fingerprint density at radius 3 is 3.00 bits per heavy atom. The van der Waals surface area contributed by atoms with Crippen LogP contribution in [0, 0.1) is 12.7 Å². The first-order valence-electron chi connectivity index (χ1n) is 4.46. The normalized spacial score (nSPS) is 25.4. The van der Waals surface area contributed by atoms with Crippen LogP contribution in [0.25, 0.3) is 0 Å². The van der Waals surface area contributed by atoms with Gasteiger partial charge in [0.25, 0.3) is 0 Å². The van der Waals surface area contributed by atoms with E-state index in [2.05, 4.69) is 0 Å². The number of ether oxygens (including phenoxy) is 1. The second-order valence-corrected chi connectivity index (χ2v) is 3.57. The summed E-state index contributed by atoms with van der Waals surface area (Å²) in [6, 6.07) is 2.57. The molecular weight excluding hydrogens is 185 g/mol. The van der Waals surface area contributed by atoms with Gasteiger partial charge in [-0.2, -0.15) is 0 Å². The van der Waals surface area contributed by atoms with E-state index in [0.29, 0.717) is 5.56 Å². The third kappa shape index (κ3) is 1.36. The first-order valence-corrected chi connectivity index (χ1v) is 4.46. The largest absolute Gasteiger partial charge is 0.487 e. The van der Waals surface area contributed by atoms with Crippen LogP contribution in [0.15, 0.2) is 12.1 Å². The van der Waals surface area contributed by atoms with E-state index >= 15 is 0 Å². The molecule has 76 valence electrons. The maximum atomic E-state index is 13.4. The third-order valence-electron chi connectivity index (χ3n) is 2.39. The Hall–Kier alpha value is -1.13. The maximum absolute atomic E-state index is 13.4. The molecule has 0 spiro atoms. The molecular formula is C10H12FNO2. The summed E-state index contributed by atoms with van der Waals surface area (Å²) in [5, 5.41) is 9.43. The van der Waals surface area contributed by atoms with Crippen LogP contribution in [0.4, 0.5) is 4.39 Å². The van der Waals surface area contributed by atoms with Crippen LogP contribution in [0.5, 0.6) is 5.75 Å². The van der Waals surface area contributed by atoms with Gasteiger partial charge in [0.2, 0.25) is 0 Å². The van der Waals surface area contributed by atoms with E-state index in [1.807, 2.05) is 0 Å². The van der Waals surface area contributed by atoms with Gasteiger partial charge < -0.3 is 15.6 Å². The van der Waals surface area contributed by atoms with Crippen molar-refractivity contribution >= 4 is 0 Å². The molecule has 2 rings (SSSR count). The standard InChI is InChI=1S/C10H12FNO2/c1-5-2-6-9(12)8(13)4-14-10(6)7(11)3-5/h2-3,8-9,13H,4,12H2,1H3. The number of aliphatic hydroxyl groups is 1. The average molecular weight is 197 g/mol. The van der Waals surface area contributed by atoms with Crippen molar-refractivity contribution < 1.29 is 14.2 Å². The number of benzene rings is 1. The van der Waals surface area contributed by atoms with E-state index in [0.717, 1.165) is 5.56 Å². The minimum absolute atomic E-state index is 0.0497. The Labute approximate surface area is 81.3 Å². The number of halogens is 1. The van der Waals surface area contributed by atoms with Crippen LogP contribution in [-0.4, -0.2) is 17.8 Å². The van der Waals surface area contributed by atoms with Crippen molar-refractivity contribution in [2.45, 2.75) is 19.1 Å². The van der Waals surface area contributed by atoms with Crippen LogP contribution in [0.1, 0.15) is 17.2 Å². The van der Waals surface area contributed by atoms with Gasteiger partial charge in [-0.15, -0.1) is 0 Å². The SMILES string of the molecule is Cc1cc(F)c2c(c1)C(N)C(O)CO2. The van der Waals surface area contributed by atoms with Gasteiger partial charge in [-0.05, 0) is 18.6 Å². The van der Waals surface area contributed by atoms with Gasteiger partial charge in [0.1, 0.15) is 12.7 Å². The van der Waals surface area contributed by atoms with Gasteiger partial charge in [0.15, 0.2) is 11.6 Å². The second kappa shape index (κ2) is 3.22. The van der Waals surface area contributed by atoms with Crippen LogP contribution in [-0.2, 0) is 0 Å². The lowest BCUT2D eigenvalue weighted by Gasteiger charge is -2.28. The number of aryl methyl sites for hydroxylation is 1. The van der Waals surface area contributed by atoms with E-state index in [4.69, 9.17) is 10.5 Å². The smallest absolute Gasteiger partial charge is 0.165 e. The van der Waals surface area contributed by atoms with Crippen LogP contribution in [0.2, 0.25) is 0 Å². The molecule has 1 aliphatic rings. The summed E-state index contributed by atoms with van der Waals surface area (Å²) in [5.74, 6) is -0.240. The molecule has 2 unspecified atom stereocenters. The molecule has 14 heavy (non-hydrogen) atoms. The number of rotatable bonds is 0. The highest BCUT2D eigenvalue weighted by Gasteiger charge is 2.28. The van der Waals surface area contributed by atoms with Crippen LogP contribution >= 0.6 is 0 Å². The van der Waals surface area contributed by atoms with Crippen molar-refractivity contribution in [2.24, 2.45) is 5.73 Å². The van der Waals surface area contributed by atoms with Crippen molar-refractivity contribution in [1.29, 1.82) is 0 Å². The zero-order valence-corrected chi connectivity index (χ0v) is 7.83. The average Bonchev–Trinajstić information content (AvgIpc) is 2.12. The molecule has 0 saturated carbocycles. The maximum Gasteiger partial charge on any atom is 0.165 e. The van der Waals surface area contributed by atoms with Crippen molar-refractivity contribution in [2.75, 3.05) is 6.61 Å². The second-order valence-electron chi connectivity index (χ2n) is 3.57. The summed E-state index contributed by atoms with van der Waals surface area (Å²) in [5.41, 5.74) is 7.05. The summed E-state index contributed by atoms with van der Waals surface area (Å²) >= 11 is 0. The number of nitrogens with two attached hydrogens (primary N) is 1. The van der Waals surface area contributed by atoms with Gasteiger partial charge in [0.05, 0.1) is 6.04 Å². The first kappa shape index (κ1) is 9.43. The molecule has 0 radical (unpaired) electrons. The molecule has 0 fully saturated rings. The number of hydrogen-bond donors (Lipinski definition) is 2. The quantitative estimate of drug-likeness (QED) is 0.649. The molecule has 0 aliphatic carbocycles. The van der Waals surface area contributed by atoms with Gasteiger partial charge in [-0.1, -0.05) is 6.07 Å². The van der Waals surface area contributed by atoms with E-state index in [1.165, 1.54) is 6.07 Å². The Bertz CT molecular complexity index is 367. The molecule has 1 aromatic rings. The van der Waals surface area contributed by atoms with E-state index in [-0.39, 0.29) is 12.4 Å². The molecule has 1 aromatic carbocycles. The lowest BCUT2D eigenvalue weighted by molar-refractivity contribution is 0.0651. The molecule has 0 aromatic heterocycles. The van der Waals surface area contributed by atoms with Gasteiger partial charge in [-0.25, -0.2) is 4.39 Å². The first-order chi connectivity index (χ1) is 6.59. The molecule has 0 saturated heterocycles. The van der Waals surface area contributed by atoms with Crippen molar-refractivity contribution in [3.05, 3.63) is 29.1 Å². The molecule has 2 atom stereocenters. The van der Waals surface area contributed by atoms with Crippen molar-refractivity contribution in [1.82, 2.24) is 0 Å². The molecule has 0 bridgehead atoms. The van der Waals surface area contributed by atoms with Crippen molar-refractivity contribution in [3.63, 3.8) is 0 Å². The van der Waals surface area contributed by atoms with Crippen LogP contribution in [0.3, 0.4) is 0 Å². The zero-order chi connectivity index (χ0) is 10.3. The Kier molecular flexibility index (Phi) is 2.17. The lowest BCUT2D eigenvalue weighted by atomic mass is 9.97.